The smallest absolute Gasteiger partial charge is 0.488 e. The number of hydrogen-bond acceptors (Lipinski definition) is 17. The number of halogens is 3. The maximum absolute atomic E-state index is 12.2. The molecule has 0 bridgehead atoms. The highest BCUT2D eigenvalue weighted by Crippen LogP contribution is 2.37. The molecule has 0 atom stereocenters. The number of benzene rings is 2. The lowest BCUT2D eigenvalue weighted by molar-refractivity contribution is -0.387. The van der Waals surface area contributed by atoms with Crippen LogP contribution in [0.15, 0.2) is 94.0 Å². The summed E-state index contributed by atoms with van der Waals surface area (Å²) in [6, 6.07) is 7.14. The van der Waals surface area contributed by atoms with E-state index in [1.54, 1.807) is 104 Å². The molecule has 28 heteroatoms. The van der Waals surface area contributed by atoms with Gasteiger partial charge in [-0.2, -0.15) is 10.2 Å². The van der Waals surface area contributed by atoms with E-state index >= 15 is 0 Å². The molecule has 0 aliphatic heterocycles. The Morgan fingerprint density at radius 1 is 0.628 bits per heavy atom. The van der Waals surface area contributed by atoms with Crippen molar-refractivity contribution in [3.05, 3.63) is 149 Å². The Morgan fingerprint density at radius 2 is 1.01 bits per heavy atom. The van der Waals surface area contributed by atoms with E-state index in [9.17, 15) is 39.3 Å². The van der Waals surface area contributed by atoms with Gasteiger partial charge >= 0.3 is 18.4 Å². The first-order valence-electron chi connectivity index (χ1n) is 23.1. The van der Waals surface area contributed by atoms with Gasteiger partial charge in [-0.3, -0.25) is 39.5 Å². The number of methoxy groups -OCH3 is 4. The molecule has 0 aliphatic carbocycles. The molecule has 0 unspecified atom stereocenters. The van der Waals surface area contributed by atoms with E-state index in [1.807, 2.05) is 45.2 Å². The normalized spacial score (nSPS) is 10.7. The minimum Gasteiger partial charge on any atom is -0.496 e. The summed E-state index contributed by atoms with van der Waals surface area (Å²) in [6.45, 7) is 4.68. The summed E-state index contributed by atoms with van der Waals surface area (Å²) in [5, 5.41) is 43.7. The number of aromatic amines is 2. The lowest BCUT2D eigenvalue weighted by Crippen LogP contribution is -2.30. The maximum Gasteiger partial charge on any atom is 0.488 e. The predicted molar refractivity (Wildman–Crippen MR) is 312 cm³/mol. The van der Waals surface area contributed by atoms with Crippen molar-refractivity contribution in [2.45, 2.75) is 26.9 Å². The molecule has 0 saturated carbocycles. The van der Waals surface area contributed by atoms with Gasteiger partial charge in [0.1, 0.15) is 39.7 Å². The monoisotopic (exact) mass is 1270 g/mol. The Kier molecular flexibility index (Phi) is 22.8. The Hall–Kier alpha value is -7.08. The average molecular weight is 1270 g/mol. The molecule has 78 heavy (non-hydrogen) atoms. The van der Waals surface area contributed by atoms with E-state index in [-0.39, 0.29) is 22.4 Å². The number of aromatic nitrogens is 8. The van der Waals surface area contributed by atoms with Gasteiger partial charge in [-0.1, -0.05) is 0 Å². The van der Waals surface area contributed by atoms with E-state index in [2.05, 4.69) is 73.1 Å². The van der Waals surface area contributed by atoms with Crippen LogP contribution in [-0.2, 0) is 41.3 Å². The maximum atomic E-state index is 12.2. The van der Waals surface area contributed by atoms with Crippen LogP contribution in [0, 0.1) is 24.0 Å². The molecular weight excluding hydrogens is 1210 g/mol. The Labute approximate surface area is 473 Å². The van der Waals surface area contributed by atoms with Crippen molar-refractivity contribution in [3.8, 4) is 34.1 Å². The van der Waals surface area contributed by atoms with Crippen LogP contribution < -0.4 is 52.4 Å². The summed E-state index contributed by atoms with van der Waals surface area (Å²) in [5.41, 5.74) is 10.7. The number of fused-ring (bicyclic) bond motifs is 2. The van der Waals surface area contributed by atoms with Gasteiger partial charge in [0.2, 0.25) is 0 Å². The van der Waals surface area contributed by atoms with Gasteiger partial charge in [0, 0.05) is 101 Å². The third kappa shape index (κ3) is 15.1. The summed E-state index contributed by atoms with van der Waals surface area (Å²) in [4.78, 5) is 60.0. The molecule has 0 fully saturated rings. The van der Waals surface area contributed by atoms with Gasteiger partial charge in [0.25, 0.3) is 16.7 Å². The fourth-order valence-electron chi connectivity index (χ4n) is 7.51. The number of rotatable bonds is 11. The second-order valence-electron chi connectivity index (χ2n) is 17.8. The quantitative estimate of drug-likeness (QED) is 0.0655. The lowest BCUT2D eigenvalue weighted by Gasteiger charge is -2.19. The number of H-pyrrole nitrogens is 2. The van der Waals surface area contributed by atoms with Crippen molar-refractivity contribution >= 4 is 93.6 Å². The highest BCUT2D eigenvalue weighted by atomic mass is 79.9. The minimum atomic E-state index is -1.54. The molecule has 8 rings (SSSR count). The minimum absolute atomic E-state index is 0.0642. The van der Waals surface area contributed by atoms with E-state index in [0.29, 0.717) is 56.8 Å². The first-order valence-corrected chi connectivity index (χ1v) is 25.5. The molecule has 418 valence electrons. The molecule has 0 radical (unpaired) electrons. The van der Waals surface area contributed by atoms with Crippen LogP contribution in [0.25, 0.3) is 32.9 Å². The number of ether oxygens (including phenoxy) is 4. The number of anilines is 1. The molecule has 6 heterocycles. The molecule has 0 aliphatic rings. The van der Waals surface area contributed by atoms with Gasteiger partial charge < -0.3 is 62.8 Å². The van der Waals surface area contributed by atoms with Crippen LogP contribution in [0.3, 0.4) is 0 Å². The van der Waals surface area contributed by atoms with Crippen molar-refractivity contribution < 1.29 is 33.9 Å². The number of nitrogens with one attached hydrogen (secondary N) is 2. The van der Waals surface area contributed by atoms with Crippen LogP contribution in [0.1, 0.15) is 22.3 Å². The van der Waals surface area contributed by atoms with Crippen molar-refractivity contribution in [2.75, 3.05) is 62.4 Å². The second-order valence-corrected chi connectivity index (χ2v) is 20.4. The van der Waals surface area contributed by atoms with Gasteiger partial charge in [0.05, 0.1) is 56.9 Å². The Morgan fingerprint density at radius 3 is 1.45 bits per heavy atom. The topological polar surface area (TPSA) is 298 Å². The Balaban J connectivity index is 0.000000219. The van der Waals surface area contributed by atoms with Crippen molar-refractivity contribution in [3.63, 3.8) is 0 Å². The fourth-order valence-corrected chi connectivity index (χ4v) is 9.13. The SMILES string of the molecule is COc1cc(-c2cn(C)c(=O)c3[nH]ncc23)cc(OC)c1CN(C)C.COc1cc(B(O)O)cc(OC)c1CN(C)C.Cc1c(Br)cn(C)c(=O)c1N.Cc1c(Br)cn(C)c(=O)c1[N+](=O)[O-].Cn1cc(Br)c2cn[nH]c2c1=O. The third-order valence-corrected chi connectivity index (χ3v) is 13.9. The van der Waals surface area contributed by atoms with Crippen molar-refractivity contribution in [1.29, 1.82) is 0 Å². The summed E-state index contributed by atoms with van der Waals surface area (Å²) < 4.78 is 29.7. The zero-order chi connectivity index (χ0) is 58.6. The van der Waals surface area contributed by atoms with Gasteiger partial charge in [-0.05, 0) is 131 Å². The lowest BCUT2D eigenvalue weighted by atomic mass is 9.79. The number of nitrogens with zero attached hydrogens (tertiary/aromatic N) is 9. The number of nitro groups is 1. The Bertz CT molecular complexity index is 3630. The fraction of sp³-hybridized carbons (Fsp3) is 0.320. The first-order chi connectivity index (χ1) is 36.6. The van der Waals surface area contributed by atoms with Crippen LogP contribution in [0.4, 0.5) is 11.4 Å². The summed E-state index contributed by atoms with van der Waals surface area (Å²) >= 11 is 9.77. The number of pyridine rings is 4. The van der Waals surface area contributed by atoms with Gasteiger partial charge in [0.15, 0.2) is 0 Å². The molecule has 24 nitrogen and oxygen atoms in total. The molecule has 0 saturated heterocycles. The highest BCUT2D eigenvalue weighted by molar-refractivity contribution is 9.11. The average Bonchev–Trinajstić information content (AvgIpc) is 4.14. The third-order valence-electron chi connectivity index (χ3n) is 11.7. The number of hydrogen-bond donors (Lipinski definition) is 5. The first kappa shape index (κ1) is 63.5. The largest absolute Gasteiger partial charge is 0.496 e. The van der Waals surface area contributed by atoms with Crippen LogP contribution in [-0.4, -0.2) is 127 Å². The summed E-state index contributed by atoms with van der Waals surface area (Å²) in [7, 11) is 19.3. The van der Waals surface area contributed by atoms with E-state index < -0.39 is 17.6 Å². The molecule has 6 aromatic heterocycles. The molecule has 8 aromatic rings. The molecule has 2 aromatic carbocycles. The number of nitrogens with two attached hydrogens (primary N) is 1. The highest BCUT2D eigenvalue weighted by Gasteiger charge is 2.22. The summed E-state index contributed by atoms with van der Waals surface area (Å²) in [6.07, 6.45) is 10.0. The predicted octanol–water partition coefficient (Wildman–Crippen LogP) is 4.88. The van der Waals surface area contributed by atoms with Crippen LogP contribution >= 0.6 is 47.8 Å². The van der Waals surface area contributed by atoms with Crippen molar-refractivity contribution in [2.24, 2.45) is 28.2 Å². The molecular formula is C50H62BBr3N12O12. The molecule has 0 amide bonds. The summed E-state index contributed by atoms with van der Waals surface area (Å²) in [5.74, 6) is 2.66. The van der Waals surface area contributed by atoms with Gasteiger partial charge in [-0.15, -0.1) is 0 Å². The zero-order valence-electron chi connectivity index (χ0n) is 45.5. The van der Waals surface area contributed by atoms with Crippen LogP contribution in [0.5, 0.6) is 23.0 Å². The van der Waals surface area contributed by atoms with E-state index in [1.165, 1.54) is 33.9 Å². The van der Waals surface area contributed by atoms with Crippen LogP contribution in [0.2, 0.25) is 0 Å². The molecule has 6 N–H and O–H groups in total. The van der Waals surface area contributed by atoms with E-state index in [4.69, 9.17) is 24.7 Å². The molecule has 0 spiro atoms. The van der Waals surface area contributed by atoms with Crippen molar-refractivity contribution in [1.82, 2.24) is 48.5 Å². The standard InChI is InChI=1S/C18H22N4O3.C11H18BNO4.C7H6BrN3O.C7H7BrN2O3.C7H9BrN2O/c1-21(2)9-14-15(24-4)6-11(7-16(14)25-5)13-10-22(3)18(23)17-12(13)8-19-20-17;1-13(2)7-9-10(16-3)5-8(12(14)15)6-11(9)17-4;1-11-3-5(8)4-2-9-10-6(4)7(11)12;1-4-5(8)3-9(2)7(11)6(4)10(12)13;1-4-5(8)3-10(2)7(11)6(4)9/h6-8,10H,9H2,1-5H3,(H,19,20);5-6,14-15H,7H2,1-4H3;2-3H,1H3,(H,9,10);3H,1-2H3;3H,9H2,1-2H3. The van der Waals surface area contributed by atoms with E-state index in [0.717, 1.165) is 59.0 Å². The van der Waals surface area contributed by atoms with Gasteiger partial charge in [-0.25, -0.2) is 0 Å². The number of nitrogen functional groups attached to an aromatic ring is 1. The number of aryl methyl sites for hydroxylation is 4. The zero-order valence-corrected chi connectivity index (χ0v) is 50.2. The second kappa shape index (κ2) is 28.0.